The number of nitrogens with zero attached hydrogens (tertiary/aromatic N) is 4. The van der Waals surface area contributed by atoms with Crippen LogP contribution in [0.3, 0.4) is 0 Å². The summed E-state index contributed by atoms with van der Waals surface area (Å²) in [5.41, 5.74) is 1.21. The van der Waals surface area contributed by atoms with Crippen LogP contribution in [0.25, 0.3) is 0 Å². The van der Waals surface area contributed by atoms with Gasteiger partial charge >= 0.3 is 0 Å². The highest BCUT2D eigenvalue weighted by Crippen LogP contribution is 2.25. The lowest BCUT2D eigenvalue weighted by Gasteiger charge is -2.43. The molecule has 2 aromatic rings. The molecule has 30 heavy (non-hydrogen) atoms. The SMILES string of the molecule is CN=C(NCC(c1ccc(Cl)cc1)n1cccn1)NCC1(N(C)C)CCOCC1.I. The maximum atomic E-state index is 6.06. The highest BCUT2D eigenvalue weighted by molar-refractivity contribution is 14.0. The molecule has 1 aromatic heterocycles. The number of ether oxygens (including phenoxy) is 1. The second kappa shape index (κ2) is 11.9. The van der Waals surface area contributed by atoms with Crippen molar-refractivity contribution in [2.45, 2.75) is 24.4 Å². The molecule has 0 spiro atoms. The summed E-state index contributed by atoms with van der Waals surface area (Å²) in [6, 6.07) is 9.86. The Morgan fingerprint density at radius 1 is 1.27 bits per heavy atom. The summed E-state index contributed by atoms with van der Waals surface area (Å²) in [6.45, 7) is 3.06. The maximum Gasteiger partial charge on any atom is 0.191 e. The van der Waals surface area contributed by atoms with Crippen LogP contribution in [0.4, 0.5) is 0 Å². The van der Waals surface area contributed by atoms with Gasteiger partial charge in [0.15, 0.2) is 5.96 Å². The summed E-state index contributed by atoms with van der Waals surface area (Å²) in [4.78, 5) is 6.72. The zero-order valence-corrected chi connectivity index (χ0v) is 20.9. The molecule has 166 valence electrons. The monoisotopic (exact) mass is 546 g/mol. The number of halogens is 2. The van der Waals surface area contributed by atoms with Crippen molar-refractivity contribution in [2.24, 2.45) is 4.99 Å². The van der Waals surface area contributed by atoms with Crippen molar-refractivity contribution in [1.29, 1.82) is 0 Å². The molecule has 3 rings (SSSR count). The lowest BCUT2D eigenvalue weighted by Crippen LogP contribution is -2.57. The fourth-order valence-electron chi connectivity index (χ4n) is 3.71. The zero-order chi connectivity index (χ0) is 20.7. The van der Waals surface area contributed by atoms with Crippen molar-refractivity contribution in [2.75, 3.05) is 47.4 Å². The van der Waals surface area contributed by atoms with Gasteiger partial charge in [-0.25, -0.2) is 0 Å². The minimum Gasteiger partial charge on any atom is -0.381 e. The molecule has 1 saturated heterocycles. The number of aliphatic imine (C=N–C) groups is 1. The summed E-state index contributed by atoms with van der Waals surface area (Å²) in [6.07, 6.45) is 5.78. The number of hydrogen-bond acceptors (Lipinski definition) is 4. The van der Waals surface area contributed by atoms with Gasteiger partial charge in [0.2, 0.25) is 0 Å². The standard InChI is InChI=1S/C21H31ClN6O.HI/c1-23-20(25-16-21(27(2)3)9-13-29-14-10-21)24-15-19(28-12-4-11-26-28)17-5-7-18(22)8-6-17;/h4-8,11-12,19H,9-10,13-16H2,1-3H3,(H2,23,24,25);1H. The Hall–Kier alpha value is -1.36. The molecule has 0 bridgehead atoms. The van der Waals surface area contributed by atoms with Crippen molar-refractivity contribution in [3.05, 3.63) is 53.3 Å². The van der Waals surface area contributed by atoms with E-state index in [-0.39, 0.29) is 35.6 Å². The van der Waals surface area contributed by atoms with Crippen LogP contribution in [0.1, 0.15) is 24.4 Å². The first-order valence-corrected chi connectivity index (χ1v) is 10.4. The smallest absolute Gasteiger partial charge is 0.191 e. The van der Waals surface area contributed by atoms with Gasteiger partial charge in [-0.1, -0.05) is 23.7 Å². The summed E-state index contributed by atoms with van der Waals surface area (Å²) < 4.78 is 7.51. The predicted molar refractivity (Wildman–Crippen MR) is 133 cm³/mol. The predicted octanol–water partition coefficient (Wildman–Crippen LogP) is 3.02. The number of hydrogen-bond donors (Lipinski definition) is 2. The van der Waals surface area contributed by atoms with Gasteiger partial charge in [0.05, 0.1) is 6.04 Å². The third-order valence-corrected chi connectivity index (χ3v) is 5.99. The largest absolute Gasteiger partial charge is 0.381 e. The van der Waals surface area contributed by atoms with Gasteiger partial charge in [-0.2, -0.15) is 5.10 Å². The molecule has 7 nitrogen and oxygen atoms in total. The minimum absolute atomic E-state index is 0. The Kier molecular flexibility index (Phi) is 9.86. The molecule has 1 fully saturated rings. The van der Waals surface area contributed by atoms with Crippen molar-refractivity contribution in [3.8, 4) is 0 Å². The quantitative estimate of drug-likeness (QED) is 0.318. The lowest BCUT2D eigenvalue weighted by molar-refractivity contribution is -0.00501. The minimum atomic E-state index is 0. The fraction of sp³-hybridized carbons (Fsp3) is 0.524. The van der Waals surface area contributed by atoms with E-state index in [1.54, 1.807) is 13.2 Å². The third-order valence-electron chi connectivity index (χ3n) is 5.74. The van der Waals surface area contributed by atoms with Crippen LogP contribution in [0.5, 0.6) is 0 Å². The van der Waals surface area contributed by atoms with Gasteiger partial charge in [0, 0.05) is 56.3 Å². The number of nitrogens with one attached hydrogen (secondary N) is 2. The summed E-state index contributed by atoms with van der Waals surface area (Å²) in [7, 11) is 6.07. The average molecular weight is 547 g/mol. The summed E-state index contributed by atoms with van der Waals surface area (Å²) >= 11 is 6.06. The first kappa shape index (κ1) is 24.9. The highest BCUT2D eigenvalue weighted by Gasteiger charge is 2.34. The van der Waals surface area contributed by atoms with E-state index in [2.05, 4.69) is 39.7 Å². The van der Waals surface area contributed by atoms with Crippen LogP contribution in [0, 0.1) is 0 Å². The second-order valence-electron chi connectivity index (χ2n) is 7.59. The Morgan fingerprint density at radius 2 is 1.97 bits per heavy atom. The van der Waals surface area contributed by atoms with E-state index >= 15 is 0 Å². The van der Waals surface area contributed by atoms with Crippen molar-refractivity contribution < 1.29 is 4.74 Å². The molecule has 1 aliphatic rings. The number of aromatic nitrogens is 2. The molecule has 1 atom stereocenters. The summed E-state index contributed by atoms with van der Waals surface area (Å²) in [5.74, 6) is 0.781. The zero-order valence-electron chi connectivity index (χ0n) is 17.8. The number of likely N-dealkylation sites (N-methyl/N-ethyl adjacent to an activating group) is 1. The molecule has 1 aliphatic heterocycles. The van der Waals surface area contributed by atoms with E-state index in [9.17, 15) is 0 Å². The topological polar surface area (TPSA) is 66.7 Å². The van der Waals surface area contributed by atoms with Gasteiger partial charge < -0.3 is 20.3 Å². The lowest BCUT2D eigenvalue weighted by atomic mass is 9.88. The molecule has 0 amide bonds. The van der Waals surface area contributed by atoms with E-state index in [1.165, 1.54) is 0 Å². The Morgan fingerprint density at radius 3 is 2.53 bits per heavy atom. The van der Waals surface area contributed by atoms with Gasteiger partial charge in [0.1, 0.15) is 0 Å². The number of guanidine groups is 1. The molecule has 0 radical (unpaired) electrons. The van der Waals surface area contributed by atoms with E-state index in [4.69, 9.17) is 16.3 Å². The van der Waals surface area contributed by atoms with Gasteiger partial charge in [0.25, 0.3) is 0 Å². The van der Waals surface area contributed by atoms with Crippen LogP contribution in [0.15, 0.2) is 47.7 Å². The molecule has 1 aromatic carbocycles. The summed E-state index contributed by atoms with van der Waals surface area (Å²) in [5, 5.41) is 12.1. The molecule has 0 aliphatic carbocycles. The van der Waals surface area contributed by atoms with E-state index < -0.39 is 0 Å². The number of rotatable bonds is 7. The molecule has 2 heterocycles. The molecular weight excluding hydrogens is 515 g/mol. The van der Waals surface area contributed by atoms with Crippen LogP contribution in [-0.4, -0.2) is 73.6 Å². The van der Waals surface area contributed by atoms with Crippen molar-refractivity contribution in [3.63, 3.8) is 0 Å². The average Bonchev–Trinajstić information content (AvgIpc) is 3.27. The fourth-order valence-corrected chi connectivity index (χ4v) is 3.84. The van der Waals surface area contributed by atoms with E-state index in [1.807, 2.05) is 41.2 Å². The van der Waals surface area contributed by atoms with Gasteiger partial charge in [-0.3, -0.25) is 9.67 Å². The molecular formula is C21H32ClIN6O. The molecule has 2 N–H and O–H groups in total. The van der Waals surface area contributed by atoms with E-state index in [0.717, 1.165) is 49.1 Å². The van der Waals surface area contributed by atoms with Crippen LogP contribution >= 0.6 is 35.6 Å². The Bertz CT molecular complexity index is 775. The molecule has 9 heteroatoms. The van der Waals surface area contributed by atoms with Crippen LogP contribution in [-0.2, 0) is 4.74 Å². The Balaban J connectivity index is 0.00000320. The van der Waals surface area contributed by atoms with Gasteiger partial charge in [-0.15, -0.1) is 24.0 Å². The molecule has 0 saturated carbocycles. The normalized spacial score (nSPS) is 17.3. The first-order valence-electron chi connectivity index (χ1n) is 9.98. The first-order chi connectivity index (χ1) is 14.0. The molecule has 1 unspecified atom stereocenters. The number of benzene rings is 1. The van der Waals surface area contributed by atoms with Crippen LogP contribution in [0.2, 0.25) is 5.02 Å². The van der Waals surface area contributed by atoms with Gasteiger partial charge in [-0.05, 0) is 50.7 Å². The highest BCUT2D eigenvalue weighted by atomic mass is 127. The van der Waals surface area contributed by atoms with Crippen molar-refractivity contribution in [1.82, 2.24) is 25.3 Å². The second-order valence-corrected chi connectivity index (χ2v) is 8.03. The van der Waals surface area contributed by atoms with Crippen LogP contribution < -0.4 is 10.6 Å². The van der Waals surface area contributed by atoms with Crippen molar-refractivity contribution >= 4 is 41.5 Å². The van der Waals surface area contributed by atoms with E-state index in [0.29, 0.717) is 6.54 Å². The third kappa shape index (κ3) is 6.32. The Labute approximate surface area is 201 Å². The maximum absolute atomic E-state index is 6.06.